The Balaban J connectivity index is 0.993. The molecule has 2 aliphatic heterocycles. The highest BCUT2D eigenvalue weighted by atomic mass is 32.2. The number of thiol groups is 1. The van der Waals surface area contributed by atoms with Crippen LogP contribution in [0, 0.1) is 23.1 Å². The van der Waals surface area contributed by atoms with E-state index in [0.29, 0.717) is 47.1 Å². The van der Waals surface area contributed by atoms with E-state index in [2.05, 4.69) is 24.5 Å². The lowest BCUT2D eigenvalue weighted by atomic mass is 9.71. The molecule has 0 atom stereocenters. The van der Waals surface area contributed by atoms with Crippen LogP contribution in [0.5, 0.6) is 11.5 Å². The van der Waals surface area contributed by atoms with Crippen LogP contribution in [0.15, 0.2) is 47.7 Å². The fraction of sp³-hybridized carbons (Fsp3) is 0.559. The molecule has 0 radical (unpaired) electrons. The number of piperidine rings is 1. The molecule has 4 heterocycles. The summed E-state index contributed by atoms with van der Waals surface area (Å²) in [6.45, 7) is 5.71. The third-order valence-electron chi connectivity index (χ3n) is 10.7. The van der Waals surface area contributed by atoms with Gasteiger partial charge in [-0.3, -0.25) is 4.79 Å². The first-order valence-electron chi connectivity index (χ1n) is 16.6. The van der Waals surface area contributed by atoms with Gasteiger partial charge < -0.3 is 19.1 Å². The van der Waals surface area contributed by atoms with Crippen LogP contribution in [-0.2, 0) is 17.9 Å². The van der Waals surface area contributed by atoms with E-state index in [0.717, 1.165) is 82.6 Å². The maximum Gasteiger partial charge on any atom is 0.250 e. The van der Waals surface area contributed by atoms with Crippen molar-refractivity contribution in [2.45, 2.75) is 57.3 Å². The number of hydrogen-bond donors (Lipinski definition) is 2. The molecule has 2 saturated heterocycles. The van der Waals surface area contributed by atoms with Crippen molar-refractivity contribution in [2.24, 2.45) is 24.3 Å². The Labute approximate surface area is 271 Å². The van der Waals surface area contributed by atoms with Gasteiger partial charge in [0.1, 0.15) is 17.9 Å². The van der Waals surface area contributed by atoms with Gasteiger partial charge in [0.05, 0.1) is 11.9 Å². The molecule has 7 rings (SSSR count). The van der Waals surface area contributed by atoms with Crippen molar-refractivity contribution in [1.29, 1.82) is 0 Å². The summed E-state index contributed by atoms with van der Waals surface area (Å²) in [5, 5.41) is 0. The van der Waals surface area contributed by atoms with E-state index in [1.54, 1.807) is 36.3 Å². The molecule has 3 aromatic rings. The highest BCUT2D eigenvalue weighted by Crippen LogP contribution is 2.48. The minimum atomic E-state index is -2.50. The second-order valence-corrected chi connectivity index (χ2v) is 14.8. The second kappa shape index (κ2) is 13.0. The number of rotatable bonds is 10. The quantitative estimate of drug-likeness (QED) is 0.310. The molecule has 2 saturated carbocycles. The molecule has 12 heteroatoms. The molecular formula is C34H43FN6O4S. The van der Waals surface area contributed by atoms with E-state index in [-0.39, 0.29) is 16.8 Å². The van der Waals surface area contributed by atoms with Crippen molar-refractivity contribution < 1.29 is 17.5 Å². The SMILES string of the molecule is Cn1c(-c2cc(F)ccc2Oc2cncnc2N2CC3(CCN(CC4CCC(CN[SH](=O)=O)CC4)CC3)C2)c(C2CC2)ccc1=O. The van der Waals surface area contributed by atoms with Crippen molar-refractivity contribution in [3.63, 3.8) is 0 Å². The van der Waals surface area contributed by atoms with Crippen molar-refractivity contribution in [3.05, 3.63) is 64.6 Å². The van der Waals surface area contributed by atoms with Gasteiger partial charge in [-0.15, -0.1) is 0 Å². The molecular weight excluding hydrogens is 607 g/mol. The minimum Gasteiger partial charge on any atom is -0.451 e. The summed E-state index contributed by atoms with van der Waals surface area (Å²) in [5.74, 6) is 2.85. The number of hydrogen-bond acceptors (Lipinski definition) is 8. The summed E-state index contributed by atoms with van der Waals surface area (Å²) in [7, 11) is -0.772. The zero-order chi connectivity index (χ0) is 31.8. The lowest BCUT2D eigenvalue weighted by molar-refractivity contribution is 0.0605. The van der Waals surface area contributed by atoms with Gasteiger partial charge in [-0.05, 0) is 106 Å². The zero-order valence-electron chi connectivity index (χ0n) is 26.4. The zero-order valence-corrected chi connectivity index (χ0v) is 27.3. The molecule has 1 N–H and O–H groups in total. The highest BCUT2D eigenvalue weighted by molar-refractivity contribution is 7.70. The van der Waals surface area contributed by atoms with Crippen molar-refractivity contribution in [2.75, 3.05) is 44.2 Å². The van der Waals surface area contributed by atoms with Gasteiger partial charge in [-0.25, -0.2) is 27.5 Å². The normalized spacial score (nSPS) is 23.1. The summed E-state index contributed by atoms with van der Waals surface area (Å²) in [5.41, 5.74) is 2.40. The minimum absolute atomic E-state index is 0.146. The maximum atomic E-state index is 14.7. The fourth-order valence-electron chi connectivity index (χ4n) is 7.86. The largest absolute Gasteiger partial charge is 0.451 e. The van der Waals surface area contributed by atoms with Crippen molar-refractivity contribution in [1.82, 2.24) is 24.2 Å². The van der Waals surface area contributed by atoms with E-state index in [4.69, 9.17) is 4.74 Å². The molecule has 10 nitrogen and oxygen atoms in total. The van der Waals surface area contributed by atoms with E-state index in [9.17, 15) is 17.6 Å². The molecule has 0 amide bonds. The fourth-order valence-corrected chi connectivity index (χ4v) is 8.26. The van der Waals surface area contributed by atoms with Gasteiger partial charge in [-0.1, -0.05) is 6.07 Å². The van der Waals surface area contributed by atoms with Gasteiger partial charge in [0.2, 0.25) is 10.9 Å². The summed E-state index contributed by atoms with van der Waals surface area (Å²) in [6, 6.07) is 7.92. The number of ether oxygens (including phenoxy) is 1. The lowest BCUT2D eigenvalue weighted by Crippen LogP contribution is -2.61. The average Bonchev–Trinajstić information content (AvgIpc) is 3.88. The summed E-state index contributed by atoms with van der Waals surface area (Å²) in [6.07, 6.45) is 12.1. The molecule has 1 spiro atoms. The van der Waals surface area contributed by atoms with Crippen LogP contribution in [0.3, 0.4) is 0 Å². The summed E-state index contributed by atoms with van der Waals surface area (Å²) in [4.78, 5) is 26.4. The molecule has 2 aliphatic carbocycles. The Bertz CT molecular complexity index is 1690. The number of nitrogens with zero attached hydrogens (tertiary/aromatic N) is 5. The molecule has 246 valence electrons. The number of likely N-dealkylation sites (tertiary alicyclic amines) is 1. The van der Waals surface area contributed by atoms with Gasteiger partial charge in [0.25, 0.3) is 5.56 Å². The molecule has 0 bridgehead atoms. The highest BCUT2D eigenvalue weighted by Gasteiger charge is 2.46. The summed E-state index contributed by atoms with van der Waals surface area (Å²) >= 11 is 0. The van der Waals surface area contributed by atoms with E-state index >= 15 is 0 Å². The Morgan fingerprint density at radius 3 is 2.46 bits per heavy atom. The van der Waals surface area contributed by atoms with Crippen molar-refractivity contribution >= 4 is 16.7 Å². The first-order chi connectivity index (χ1) is 22.3. The third-order valence-corrected chi connectivity index (χ3v) is 11.1. The van der Waals surface area contributed by atoms with E-state index in [1.807, 2.05) is 6.07 Å². The van der Waals surface area contributed by atoms with E-state index in [1.165, 1.54) is 25.0 Å². The van der Waals surface area contributed by atoms with Crippen LogP contribution in [0.4, 0.5) is 10.2 Å². The number of halogens is 1. The predicted octanol–water partition coefficient (Wildman–Crippen LogP) is 4.48. The van der Waals surface area contributed by atoms with E-state index < -0.39 is 10.9 Å². The monoisotopic (exact) mass is 650 g/mol. The number of aromatic nitrogens is 3. The number of benzene rings is 1. The predicted molar refractivity (Wildman–Crippen MR) is 175 cm³/mol. The maximum absolute atomic E-state index is 14.7. The van der Waals surface area contributed by atoms with Crippen LogP contribution in [0.25, 0.3) is 11.3 Å². The van der Waals surface area contributed by atoms with Crippen LogP contribution >= 0.6 is 0 Å². The van der Waals surface area contributed by atoms with Gasteiger partial charge in [0, 0.05) is 50.3 Å². The van der Waals surface area contributed by atoms with Crippen LogP contribution in [0.2, 0.25) is 0 Å². The lowest BCUT2D eigenvalue weighted by Gasteiger charge is -2.54. The standard InChI is InChI=1S/C34H43FN6O4S/c1-39-31(42)11-9-27(25-6-7-25)32(39)28-16-26(35)8-10-29(28)45-30-18-36-22-37-33(30)41-20-34(21-41)12-14-40(15-13-34)19-24-4-2-23(3-5-24)17-38-46(43)44/h8-11,16,18,22-25,46H,2-7,12-15,17,19-21H2,1H3,(H,38,43,44). The molecule has 1 aromatic carbocycles. The number of pyridine rings is 1. The van der Waals surface area contributed by atoms with Gasteiger partial charge in [-0.2, -0.15) is 0 Å². The first-order valence-corrected chi connectivity index (χ1v) is 17.8. The summed E-state index contributed by atoms with van der Waals surface area (Å²) < 4.78 is 47.0. The van der Waals surface area contributed by atoms with Crippen LogP contribution in [-0.4, -0.2) is 67.1 Å². The molecule has 4 aliphatic rings. The van der Waals surface area contributed by atoms with Gasteiger partial charge in [0.15, 0.2) is 11.6 Å². The molecule has 4 fully saturated rings. The number of anilines is 1. The molecule has 46 heavy (non-hydrogen) atoms. The third kappa shape index (κ3) is 6.70. The molecule has 2 aromatic heterocycles. The molecule has 0 unspecified atom stereocenters. The number of nitrogens with one attached hydrogen (secondary N) is 1. The Kier molecular flexibility index (Phi) is 8.86. The van der Waals surface area contributed by atoms with Crippen LogP contribution in [0.1, 0.15) is 62.8 Å². The second-order valence-electron chi connectivity index (χ2n) is 13.9. The Hall–Kier alpha value is -3.35. The topological polar surface area (TPSA) is 110 Å². The van der Waals surface area contributed by atoms with Crippen molar-refractivity contribution in [3.8, 4) is 22.8 Å². The Morgan fingerprint density at radius 1 is 1.00 bits per heavy atom. The van der Waals surface area contributed by atoms with Crippen LogP contribution < -0.4 is 19.9 Å². The first kappa shape index (κ1) is 31.3. The van der Waals surface area contributed by atoms with Gasteiger partial charge >= 0.3 is 0 Å². The Morgan fingerprint density at radius 2 is 1.74 bits per heavy atom. The smallest absolute Gasteiger partial charge is 0.250 e. The average molecular weight is 651 g/mol.